The first-order valence-electron chi connectivity index (χ1n) is 7.60. The molecule has 0 saturated heterocycles. The molecule has 0 radical (unpaired) electrons. The molecule has 116 valence electrons. The van der Waals surface area contributed by atoms with Crippen LogP contribution in [0, 0.1) is 6.92 Å². The van der Waals surface area contributed by atoms with Gasteiger partial charge in [0, 0.05) is 5.56 Å². The molecule has 0 aliphatic heterocycles. The molecule has 3 rings (SSSR count). The van der Waals surface area contributed by atoms with Gasteiger partial charge in [-0.05, 0) is 26.0 Å². The van der Waals surface area contributed by atoms with Crippen molar-refractivity contribution in [3.8, 4) is 16.9 Å². The van der Waals surface area contributed by atoms with E-state index >= 15 is 0 Å². The molecule has 0 amide bonds. The van der Waals surface area contributed by atoms with Gasteiger partial charge in [0.1, 0.15) is 5.56 Å². The first-order chi connectivity index (χ1) is 11.2. The van der Waals surface area contributed by atoms with E-state index in [9.17, 15) is 4.79 Å². The average Bonchev–Trinajstić information content (AvgIpc) is 2.94. The number of aromatic nitrogens is 2. The third-order valence-electron chi connectivity index (χ3n) is 3.59. The lowest BCUT2D eigenvalue weighted by atomic mass is 10.1. The number of hydrogen-bond donors (Lipinski definition) is 0. The summed E-state index contributed by atoms with van der Waals surface area (Å²) in [6.45, 7) is 3.97. The van der Waals surface area contributed by atoms with Crippen LogP contribution in [0.3, 0.4) is 0 Å². The molecule has 1 aromatic heterocycles. The predicted molar refractivity (Wildman–Crippen MR) is 89.7 cm³/mol. The lowest BCUT2D eigenvalue weighted by Gasteiger charge is -2.09. The summed E-state index contributed by atoms with van der Waals surface area (Å²) in [5.74, 6) is -0.342. The van der Waals surface area contributed by atoms with Crippen LogP contribution in [0.5, 0.6) is 0 Å². The fraction of sp³-hybridized carbons (Fsp3) is 0.158. The second kappa shape index (κ2) is 6.48. The van der Waals surface area contributed by atoms with Crippen molar-refractivity contribution in [2.24, 2.45) is 0 Å². The molecule has 4 nitrogen and oxygen atoms in total. The number of benzene rings is 2. The molecule has 0 saturated carbocycles. The summed E-state index contributed by atoms with van der Waals surface area (Å²) >= 11 is 0. The Balaban J connectivity index is 2.25. The van der Waals surface area contributed by atoms with Gasteiger partial charge in [0.2, 0.25) is 0 Å². The highest BCUT2D eigenvalue weighted by Crippen LogP contribution is 2.29. The van der Waals surface area contributed by atoms with Crippen molar-refractivity contribution in [3.05, 3.63) is 71.9 Å². The van der Waals surface area contributed by atoms with Crippen LogP contribution in [-0.4, -0.2) is 22.4 Å². The van der Waals surface area contributed by atoms with Gasteiger partial charge in [0.05, 0.1) is 23.7 Å². The molecule has 0 atom stereocenters. The maximum absolute atomic E-state index is 12.4. The second-order valence-corrected chi connectivity index (χ2v) is 5.14. The Labute approximate surface area is 135 Å². The zero-order chi connectivity index (χ0) is 16.2. The second-order valence-electron chi connectivity index (χ2n) is 5.14. The lowest BCUT2D eigenvalue weighted by molar-refractivity contribution is 0.0526. The van der Waals surface area contributed by atoms with E-state index in [0.29, 0.717) is 17.9 Å². The van der Waals surface area contributed by atoms with E-state index in [2.05, 4.69) is 5.10 Å². The van der Waals surface area contributed by atoms with Crippen molar-refractivity contribution >= 4 is 5.97 Å². The maximum Gasteiger partial charge on any atom is 0.342 e. The molecular weight excluding hydrogens is 288 g/mol. The minimum absolute atomic E-state index is 0.336. The van der Waals surface area contributed by atoms with Gasteiger partial charge in [0.25, 0.3) is 0 Å². The highest BCUT2D eigenvalue weighted by Gasteiger charge is 2.24. The number of nitrogens with zero attached hydrogens (tertiary/aromatic N) is 2. The number of hydrogen-bond acceptors (Lipinski definition) is 3. The quantitative estimate of drug-likeness (QED) is 0.684. The zero-order valence-corrected chi connectivity index (χ0v) is 13.2. The van der Waals surface area contributed by atoms with E-state index in [1.807, 2.05) is 67.6 Å². The molecule has 4 heteroatoms. The molecule has 2 aromatic carbocycles. The van der Waals surface area contributed by atoms with Crippen LogP contribution in [0.1, 0.15) is 23.0 Å². The summed E-state index contributed by atoms with van der Waals surface area (Å²) in [5.41, 5.74) is 3.77. The van der Waals surface area contributed by atoms with Crippen LogP contribution in [0.25, 0.3) is 16.9 Å². The van der Waals surface area contributed by atoms with Crippen LogP contribution < -0.4 is 0 Å². The van der Waals surface area contributed by atoms with E-state index in [0.717, 1.165) is 16.9 Å². The van der Waals surface area contributed by atoms with E-state index in [1.165, 1.54) is 0 Å². The summed E-state index contributed by atoms with van der Waals surface area (Å²) in [4.78, 5) is 12.4. The maximum atomic E-state index is 12.4. The summed E-state index contributed by atoms with van der Waals surface area (Å²) in [6, 6.07) is 19.6. The van der Waals surface area contributed by atoms with Crippen molar-refractivity contribution in [1.82, 2.24) is 9.78 Å². The normalized spacial score (nSPS) is 10.5. The van der Waals surface area contributed by atoms with Gasteiger partial charge in [-0.2, -0.15) is 5.10 Å². The number of ether oxygens (including phenoxy) is 1. The number of rotatable bonds is 4. The molecule has 1 heterocycles. The number of esters is 1. The van der Waals surface area contributed by atoms with Crippen LogP contribution in [0.4, 0.5) is 0 Å². The molecule has 0 fully saturated rings. The van der Waals surface area contributed by atoms with Crippen molar-refractivity contribution in [1.29, 1.82) is 0 Å². The first kappa shape index (κ1) is 15.0. The number of carbonyl (C=O) groups is 1. The van der Waals surface area contributed by atoms with Crippen molar-refractivity contribution in [2.75, 3.05) is 6.61 Å². The first-order valence-corrected chi connectivity index (χ1v) is 7.60. The molecule has 3 aromatic rings. The summed E-state index contributed by atoms with van der Waals surface area (Å²) in [5, 5.41) is 4.58. The fourth-order valence-electron chi connectivity index (χ4n) is 2.59. The third kappa shape index (κ3) is 2.88. The molecule has 0 spiro atoms. The Bertz CT molecular complexity index is 808. The monoisotopic (exact) mass is 306 g/mol. The average molecular weight is 306 g/mol. The number of aryl methyl sites for hydroxylation is 1. The Morgan fingerprint density at radius 2 is 1.65 bits per heavy atom. The van der Waals surface area contributed by atoms with Gasteiger partial charge in [-0.1, -0.05) is 48.5 Å². The van der Waals surface area contributed by atoms with Crippen LogP contribution in [0.2, 0.25) is 0 Å². The fourth-order valence-corrected chi connectivity index (χ4v) is 2.59. The van der Waals surface area contributed by atoms with Crippen LogP contribution >= 0.6 is 0 Å². The number of carbonyl (C=O) groups excluding carboxylic acids is 1. The van der Waals surface area contributed by atoms with E-state index in [1.54, 1.807) is 11.6 Å². The lowest BCUT2D eigenvalue weighted by Crippen LogP contribution is -2.08. The standard InChI is InChI=1S/C19H18N2O2/c1-3-23-19(22)17-14(2)20-21(16-12-8-5-9-13-16)18(17)15-10-6-4-7-11-15/h4-13H,3H2,1-2H3. The summed E-state index contributed by atoms with van der Waals surface area (Å²) in [6.07, 6.45) is 0. The topological polar surface area (TPSA) is 44.1 Å². The Morgan fingerprint density at radius 1 is 1.04 bits per heavy atom. The highest BCUT2D eigenvalue weighted by atomic mass is 16.5. The van der Waals surface area contributed by atoms with E-state index < -0.39 is 0 Å². The molecular formula is C19H18N2O2. The molecule has 0 N–H and O–H groups in total. The third-order valence-corrected chi connectivity index (χ3v) is 3.59. The summed E-state index contributed by atoms with van der Waals surface area (Å²) < 4.78 is 7.03. The van der Waals surface area contributed by atoms with Gasteiger partial charge in [-0.25, -0.2) is 9.48 Å². The van der Waals surface area contributed by atoms with Gasteiger partial charge in [-0.3, -0.25) is 0 Å². The zero-order valence-electron chi connectivity index (χ0n) is 13.2. The van der Waals surface area contributed by atoms with Crippen molar-refractivity contribution < 1.29 is 9.53 Å². The molecule has 0 aliphatic carbocycles. The molecule has 23 heavy (non-hydrogen) atoms. The smallest absolute Gasteiger partial charge is 0.342 e. The van der Waals surface area contributed by atoms with E-state index in [-0.39, 0.29) is 5.97 Å². The van der Waals surface area contributed by atoms with Crippen LogP contribution in [0.15, 0.2) is 60.7 Å². The van der Waals surface area contributed by atoms with Crippen molar-refractivity contribution in [3.63, 3.8) is 0 Å². The van der Waals surface area contributed by atoms with Crippen molar-refractivity contribution in [2.45, 2.75) is 13.8 Å². The highest BCUT2D eigenvalue weighted by molar-refractivity contribution is 5.98. The minimum atomic E-state index is -0.342. The Hall–Kier alpha value is -2.88. The van der Waals surface area contributed by atoms with E-state index in [4.69, 9.17) is 4.74 Å². The van der Waals surface area contributed by atoms with Gasteiger partial charge in [-0.15, -0.1) is 0 Å². The SMILES string of the molecule is CCOC(=O)c1c(C)nn(-c2ccccc2)c1-c1ccccc1. The van der Waals surface area contributed by atoms with Gasteiger partial charge in [0.15, 0.2) is 0 Å². The van der Waals surface area contributed by atoms with Gasteiger partial charge >= 0.3 is 5.97 Å². The summed E-state index contributed by atoms with van der Waals surface area (Å²) in [7, 11) is 0. The van der Waals surface area contributed by atoms with Gasteiger partial charge < -0.3 is 4.74 Å². The minimum Gasteiger partial charge on any atom is -0.462 e. The molecule has 0 unspecified atom stereocenters. The molecule has 0 aliphatic rings. The largest absolute Gasteiger partial charge is 0.462 e. The van der Waals surface area contributed by atoms with Crippen LogP contribution in [-0.2, 0) is 4.74 Å². The molecule has 0 bridgehead atoms. The Kier molecular flexibility index (Phi) is 4.24. The number of para-hydroxylation sites is 1. The predicted octanol–water partition coefficient (Wildman–Crippen LogP) is 4.02. The Morgan fingerprint density at radius 3 is 2.26 bits per heavy atom.